The van der Waals surface area contributed by atoms with Gasteiger partial charge in [0.25, 0.3) is 0 Å². The fraction of sp³-hybridized carbons (Fsp3) is 0.571. The van der Waals surface area contributed by atoms with Gasteiger partial charge in [-0.15, -0.1) is 0 Å². The van der Waals surface area contributed by atoms with Crippen LogP contribution in [-0.2, 0) is 6.54 Å². The summed E-state index contributed by atoms with van der Waals surface area (Å²) in [6, 6.07) is 1.91. The van der Waals surface area contributed by atoms with Gasteiger partial charge in [-0.25, -0.2) is 4.39 Å². The lowest BCUT2D eigenvalue weighted by Crippen LogP contribution is -2.47. The summed E-state index contributed by atoms with van der Waals surface area (Å²) in [7, 11) is 0. The number of hydrogen-bond acceptors (Lipinski definition) is 2. The van der Waals surface area contributed by atoms with E-state index >= 15 is 0 Å². The van der Waals surface area contributed by atoms with Gasteiger partial charge in [0.2, 0.25) is 0 Å². The van der Waals surface area contributed by atoms with E-state index in [0.717, 1.165) is 12.2 Å². The van der Waals surface area contributed by atoms with Gasteiger partial charge in [0.05, 0.1) is 0 Å². The van der Waals surface area contributed by atoms with E-state index in [1.54, 1.807) is 6.20 Å². The Bertz CT molecular complexity index is 216. The van der Waals surface area contributed by atoms with Crippen molar-refractivity contribution in [1.29, 1.82) is 0 Å². The highest BCUT2D eigenvalue weighted by Crippen LogP contribution is 2.13. The predicted molar refractivity (Wildman–Crippen MR) is 38.8 cm³/mol. The van der Waals surface area contributed by atoms with Crippen LogP contribution < -0.4 is 0 Å². The first-order valence-corrected chi connectivity index (χ1v) is 3.69. The first-order valence-electron chi connectivity index (χ1n) is 3.69. The second-order valence-electron chi connectivity index (χ2n) is 2.87. The number of aromatic nitrogens is 2. The topological polar surface area (TPSA) is 31.9 Å². The molecule has 0 saturated carbocycles. The van der Waals surface area contributed by atoms with Crippen LogP contribution in [0.1, 0.15) is 5.69 Å². The molecule has 0 bridgehead atoms. The third-order valence-corrected chi connectivity index (χ3v) is 1.86. The van der Waals surface area contributed by atoms with Crippen molar-refractivity contribution < 1.29 is 4.39 Å². The van der Waals surface area contributed by atoms with Crippen molar-refractivity contribution in [3.63, 3.8) is 0 Å². The molecule has 0 radical (unpaired) electrons. The van der Waals surface area contributed by atoms with Crippen molar-refractivity contribution in [2.75, 3.05) is 13.1 Å². The minimum atomic E-state index is -0.613. The highest BCUT2D eigenvalue weighted by atomic mass is 19.1. The van der Waals surface area contributed by atoms with Gasteiger partial charge in [-0.2, -0.15) is 5.10 Å². The average Bonchev–Trinajstić information content (AvgIpc) is 2.36. The van der Waals surface area contributed by atoms with Gasteiger partial charge in [-0.05, 0) is 6.07 Å². The zero-order valence-electron chi connectivity index (χ0n) is 6.13. The number of rotatable bonds is 2. The Morgan fingerprint density at radius 1 is 1.73 bits per heavy atom. The first-order chi connectivity index (χ1) is 5.34. The summed E-state index contributed by atoms with van der Waals surface area (Å²) < 4.78 is 12.3. The lowest BCUT2D eigenvalue weighted by atomic mass is 10.2. The summed E-state index contributed by atoms with van der Waals surface area (Å²) in [6.45, 7) is 1.93. The molecule has 1 aliphatic rings. The second-order valence-corrected chi connectivity index (χ2v) is 2.87. The van der Waals surface area contributed by atoms with Crippen LogP contribution >= 0.6 is 0 Å². The summed E-state index contributed by atoms with van der Waals surface area (Å²) in [5, 5.41) is 6.64. The number of nitrogens with zero attached hydrogens (tertiary/aromatic N) is 2. The molecule has 1 aromatic rings. The number of aromatic amines is 1. The Labute approximate surface area is 64.2 Å². The monoisotopic (exact) mass is 155 g/mol. The van der Waals surface area contributed by atoms with Crippen molar-refractivity contribution in [2.45, 2.75) is 12.7 Å². The van der Waals surface area contributed by atoms with Crippen LogP contribution in [0.25, 0.3) is 0 Å². The van der Waals surface area contributed by atoms with Crippen molar-refractivity contribution in [1.82, 2.24) is 15.1 Å². The second kappa shape index (κ2) is 2.62. The maximum Gasteiger partial charge on any atom is 0.125 e. The molecule has 0 aromatic carbocycles. The Hall–Kier alpha value is -0.900. The fourth-order valence-electron chi connectivity index (χ4n) is 1.25. The van der Waals surface area contributed by atoms with Gasteiger partial charge in [-0.1, -0.05) is 0 Å². The van der Waals surface area contributed by atoms with Crippen LogP contribution in [0.4, 0.5) is 4.39 Å². The fourth-order valence-corrected chi connectivity index (χ4v) is 1.25. The Morgan fingerprint density at radius 3 is 3.09 bits per heavy atom. The largest absolute Gasteiger partial charge is 0.292 e. The molecule has 0 aliphatic carbocycles. The third-order valence-electron chi connectivity index (χ3n) is 1.86. The standard InChI is InChI=1S/C7H10FN3/c8-6-3-11(4-6)5-7-1-2-9-10-7/h1-2,6H,3-5H2,(H,9,10). The summed E-state index contributed by atoms with van der Waals surface area (Å²) >= 11 is 0. The average molecular weight is 155 g/mol. The summed E-state index contributed by atoms with van der Waals surface area (Å²) in [4.78, 5) is 2.04. The quantitative estimate of drug-likeness (QED) is 0.676. The number of alkyl halides is 1. The first kappa shape index (κ1) is 6.79. The van der Waals surface area contributed by atoms with E-state index in [-0.39, 0.29) is 0 Å². The number of hydrogen-bond donors (Lipinski definition) is 1. The Balaban J connectivity index is 1.84. The van der Waals surface area contributed by atoms with E-state index in [1.807, 2.05) is 11.0 Å². The van der Waals surface area contributed by atoms with Crippen molar-refractivity contribution in [3.05, 3.63) is 18.0 Å². The third kappa shape index (κ3) is 1.40. The minimum absolute atomic E-state index is 0.568. The maximum absolute atomic E-state index is 12.3. The van der Waals surface area contributed by atoms with Crippen LogP contribution in [-0.4, -0.2) is 34.4 Å². The van der Waals surface area contributed by atoms with Crippen LogP contribution in [0.5, 0.6) is 0 Å². The van der Waals surface area contributed by atoms with Crippen LogP contribution in [0.3, 0.4) is 0 Å². The molecule has 0 unspecified atom stereocenters. The molecule has 3 nitrogen and oxygen atoms in total. The molecular weight excluding hydrogens is 145 g/mol. The van der Waals surface area contributed by atoms with E-state index in [2.05, 4.69) is 10.2 Å². The highest BCUT2D eigenvalue weighted by molar-refractivity contribution is 4.98. The van der Waals surface area contributed by atoms with Crippen molar-refractivity contribution in [3.8, 4) is 0 Å². The zero-order valence-corrected chi connectivity index (χ0v) is 6.13. The molecule has 4 heteroatoms. The normalized spacial score (nSPS) is 20.1. The molecular formula is C7H10FN3. The van der Waals surface area contributed by atoms with E-state index in [1.165, 1.54) is 0 Å². The number of H-pyrrole nitrogens is 1. The molecule has 2 rings (SSSR count). The van der Waals surface area contributed by atoms with Crippen molar-refractivity contribution >= 4 is 0 Å². The van der Waals surface area contributed by atoms with Crippen molar-refractivity contribution in [2.24, 2.45) is 0 Å². The van der Waals surface area contributed by atoms with Gasteiger partial charge in [0, 0.05) is 31.5 Å². The molecule has 2 heterocycles. The van der Waals surface area contributed by atoms with Gasteiger partial charge in [0.1, 0.15) is 6.17 Å². The minimum Gasteiger partial charge on any atom is -0.292 e. The maximum atomic E-state index is 12.3. The van der Waals surface area contributed by atoms with E-state index in [0.29, 0.717) is 13.1 Å². The zero-order chi connectivity index (χ0) is 7.68. The van der Waals surface area contributed by atoms with Crippen LogP contribution in [0, 0.1) is 0 Å². The van der Waals surface area contributed by atoms with Gasteiger partial charge in [0.15, 0.2) is 0 Å². The van der Waals surface area contributed by atoms with E-state index in [9.17, 15) is 4.39 Å². The summed E-state index contributed by atoms with van der Waals surface area (Å²) in [5.74, 6) is 0. The van der Waals surface area contributed by atoms with Gasteiger partial charge >= 0.3 is 0 Å². The Kier molecular flexibility index (Phi) is 1.62. The molecule has 1 N–H and O–H groups in total. The van der Waals surface area contributed by atoms with E-state index < -0.39 is 6.17 Å². The number of nitrogens with one attached hydrogen (secondary N) is 1. The van der Waals surface area contributed by atoms with Crippen LogP contribution in [0.15, 0.2) is 12.3 Å². The molecule has 60 valence electrons. The molecule has 1 aliphatic heterocycles. The lowest BCUT2D eigenvalue weighted by molar-refractivity contribution is 0.0580. The van der Waals surface area contributed by atoms with Gasteiger partial charge in [-0.3, -0.25) is 10.00 Å². The molecule has 1 aromatic heterocycles. The molecule has 11 heavy (non-hydrogen) atoms. The lowest BCUT2D eigenvalue weighted by Gasteiger charge is -2.33. The van der Waals surface area contributed by atoms with Crippen LogP contribution in [0.2, 0.25) is 0 Å². The molecule has 1 saturated heterocycles. The summed E-state index contributed by atoms with van der Waals surface area (Å²) in [5.41, 5.74) is 1.05. The number of halogens is 1. The number of likely N-dealkylation sites (tertiary alicyclic amines) is 1. The SMILES string of the molecule is FC1CN(Cc2ccn[nH]2)C1. The molecule has 1 fully saturated rings. The predicted octanol–water partition coefficient (Wildman–Crippen LogP) is 0.563. The highest BCUT2D eigenvalue weighted by Gasteiger charge is 2.25. The molecule has 0 atom stereocenters. The summed E-state index contributed by atoms with van der Waals surface area (Å²) in [6.07, 6.45) is 1.10. The van der Waals surface area contributed by atoms with E-state index in [4.69, 9.17) is 0 Å². The molecule has 0 amide bonds. The van der Waals surface area contributed by atoms with Gasteiger partial charge < -0.3 is 0 Å². The smallest absolute Gasteiger partial charge is 0.125 e. The molecule has 0 spiro atoms. The Morgan fingerprint density at radius 2 is 2.55 bits per heavy atom.